The standard InChI is InChI=1S/C14H25N3S/c1-11-7-6-8-12(9-11)14(5,15-10-18)17-16-13(2,3)4/h11-12H,6-9H2,1-5H3. The molecule has 0 amide bonds. The van der Waals surface area contributed by atoms with Crippen LogP contribution >= 0.6 is 12.2 Å². The Bertz CT molecular complexity index is 353. The SMILES string of the molecule is CC1CCCC(C(C)(N=C=S)N=NC(C)(C)C)C1. The van der Waals surface area contributed by atoms with Gasteiger partial charge in [-0.1, -0.05) is 19.8 Å². The fraction of sp³-hybridized carbons (Fsp3) is 0.929. The van der Waals surface area contributed by atoms with Gasteiger partial charge in [0, 0.05) is 5.92 Å². The van der Waals surface area contributed by atoms with Crippen molar-refractivity contribution in [3.63, 3.8) is 0 Å². The third-order valence-electron chi connectivity index (χ3n) is 3.53. The van der Waals surface area contributed by atoms with Gasteiger partial charge in [0.15, 0.2) is 5.66 Å². The van der Waals surface area contributed by atoms with E-state index in [0.717, 1.165) is 18.8 Å². The summed E-state index contributed by atoms with van der Waals surface area (Å²) in [5, 5.41) is 11.4. The third kappa shape index (κ3) is 4.58. The molecule has 1 saturated carbocycles. The molecule has 3 nitrogen and oxygen atoms in total. The zero-order valence-electron chi connectivity index (χ0n) is 12.2. The zero-order chi connectivity index (χ0) is 13.8. The topological polar surface area (TPSA) is 37.1 Å². The molecule has 18 heavy (non-hydrogen) atoms. The summed E-state index contributed by atoms with van der Waals surface area (Å²) < 4.78 is 0. The highest BCUT2D eigenvalue weighted by Crippen LogP contribution is 2.39. The van der Waals surface area contributed by atoms with E-state index in [1.54, 1.807) is 0 Å². The van der Waals surface area contributed by atoms with Gasteiger partial charge in [0.2, 0.25) is 0 Å². The number of aliphatic imine (C=N–C) groups is 1. The predicted octanol–water partition coefficient (Wildman–Crippen LogP) is 4.88. The van der Waals surface area contributed by atoms with Crippen molar-refractivity contribution in [3.8, 4) is 0 Å². The Hall–Kier alpha value is -0.600. The lowest BCUT2D eigenvalue weighted by Crippen LogP contribution is -2.34. The Kier molecular flexibility index (Phi) is 5.18. The summed E-state index contributed by atoms with van der Waals surface area (Å²) in [6.45, 7) is 10.5. The van der Waals surface area contributed by atoms with Gasteiger partial charge in [-0.3, -0.25) is 0 Å². The van der Waals surface area contributed by atoms with E-state index in [9.17, 15) is 0 Å². The van der Waals surface area contributed by atoms with Crippen molar-refractivity contribution in [1.82, 2.24) is 0 Å². The lowest BCUT2D eigenvalue weighted by atomic mass is 9.76. The molecule has 0 spiro atoms. The van der Waals surface area contributed by atoms with Gasteiger partial charge < -0.3 is 0 Å². The number of nitrogens with zero attached hydrogens (tertiary/aromatic N) is 3. The number of hydrogen-bond acceptors (Lipinski definition) is 4. The van der Waals surface area contributed by atoms with Crippen molar-refractivity contribution in [2.45, 2.75) is 71.5 Å². The third-order valence-corrected chi connectivity index (χ3v) is 3.63. The summed E-state index contributed by atoms with van der Waals surface area (Å²) in [6.07, 6.45) is 4.87. The van der Waals surface area contributed by atoms with E-state index in [-0.39, 0.29) is 5.54 Å². The molecular weight excluding hydrogens is 242 g/mol. The second-order valence-electron chi connectivity index (χ2n) is 6.64. The summed E-state index contributed by atoms with van der Waals surface area (Å²) in [7, 11) is 0. The van der Waals surface area contributed by atoms with Gasteiger partial charge in [-0.15, -0.1) is 0 Å². The van der Waals surface area contributed by atoms with Gasteiger partial charge in [-0.05, 0) is 58.7 Å². The lowest BCUT2D eigenvalue weighted by molar-refractivity contribution is 0.183. The summed E-state index contributed by atoms with van der Waals surface area (Å²) >= 11 is 4.79. The van der Waals surface area contributed by atoms with Crippen molar-refractivity contribution < 1.29 is 0 Å². The molecule has 0 radical (unpaired) electrons. The Labute approximate surface area is 116 Å². The van der Waals surface area contributed by atoms with Crippen LogP contribution in [0.25, 0.3) is 0 Å². The molecule has 0 aromatic heterocycles. The summed E-state index contributed by atoms with van der Waals surface area (Å²) in [5.74, 6) is 1.18. The quantitative estimate of drug-likeness (QED) is 0.408. The lowest BCUT2D eigenvalue weighted by Gasteiger charge is -2.35. The van der Waals surface area contributed by atoms with Crippen molar-refractivity contribution in [3.05, 3.63) is 0 Å². The highest BCUT2D eigenvalue weighted by molar-refractivity contribution is 7.78. The molecule has 0 aromatic carbocycles. The van der Waals surface area contributed by atoms with E-state index in [1.165, 1.54) is 12.8 Å². The minimum absolute atomic E-state index is 0.168. The van der Waals surface area contributed by atoms with Crippen LogP contribution in [0.2, 0.25) is 0 Å². The van der Waals surface area contributed by atoms with Crippen LogP contribution in [-0.4, -0.2) is 16.4 Å². The molecule has 1 aliphatic rings. The molecule has 0 aliphatic heterocycles. The zero-order valence-corrected chi connectivity index (χ0v) is 13.0. The minimum atomic E-state index is -0.524. The molecule has 0 saturated heterocycles. The maximum absolute atomic E-state index is 4.79. The maximum atomic E-state index is 4.79. The molecule has 1 fully saturated rings. The van der Waals surface area contributed by atoms with E-state index < -0.39 is 5.66 Å². The summed E-state index contributed by atoms with van der Waals surface area (Å²) in [4.78, 5) is 4.32. The first kappa shape index (κ1) is 15.5. The Balaban J connectivity index is 2.92. The maximum Gasteiger partial charge on any atom is 0.180 e. The molecule has 3 atom stereocenters. The Morgan fingerprint density at radius 2 is 1.78 bits per heavy atom. The smallest absolute Gasteiger partial charge is 0.180 e. The second-order valence-corrected chi connectivity index (χ2v) is 6.82. The average molecular weight is 267 g/mol. The van der Waals surface area contributed by atoms with Crippen LogP contribution in [0.15, 0.2) is 15.2 Å². The normalized spacial score (nSPS) is 28.7. The number of azo groups is 1. The molecule has 0 aromatic rings. The van der Waals surface area contributed by atoms with Crippen molar-refractivity contribution in [1.29, 1.82) is 0 Å². The number of thiocarbonyl (C=S) groups is 1. The first-order valence-corrected chi connectivity index (χ1v) is 7.21. The van der Waals surface area contributed by atoms with E-state index in [0.29, 0.717) is 5.92 Å². The molecule has 4 heteroatoms. The van der Waals surface area contributed by atoms with E-state index in [2.05, 4.69) is 27.3 Å². The Morgan fingerprint density at radius 3 is 2.28 bits per heavy atom. The minimum Gasteiger partial charge on any atom is -0.200 e. The van der Waals surface area contributed by atoms with Gasteiger partial charge in [0.05, 0.1) is 10.7 Å². The molecule has 0 heterocycles. The largest absolute Gasteiger partial charge is 0.200 e. The highest BCUT2D eigenvalue weighted by atomic mass is 32.1. The van der Waals surface area contributed by atoms with Gasteiger partial charge >= 0.3 is 0 Å². The number of isothiocyanates is 1. The van der Waals surface area contributed by atoms with Crippen molar-refractivity contribution in [2.75, 3.05) is 0 Å². The van der Waals surface area contributed by atoms with Crippen LogP contribution in [0.4, 0.5) is 0 Å². The first-order valence-electron chi connectivity index (χ1n) is 6.80. The van der Waals surface area contributed by atoms with Crippen LogP contribution in [0.5, 0.6) is 0 Å². The van der Waals surface area contributed by atoms with E-state index in [1.807, 2.05) is 27.7 Å². The van der Waals surface area contributed by atoms with Crippen LogP contribution in [0, 0.1) is 11.8 Å². The molecule has 1 rings (SSSR count). The fourth-order valence-electron chi connectivity index (χ4n) is 2.47. The van der Waals surface area contributed by atoms with Crippen molar-refractivity contribution in [2.24, 2.45) is 27.1 Å². The highest BCUT2D eigenvalue weighted by Gasteiger charge is 2.37. The van der Waals surface area contributed by atoms with Gasteiger partial charge in [0.25, 0.3) is 0 Å². The molecular formula is C14H25N3S. The predicted molar refractivity (Wildman–Crippen MR) is 79.2 cm³/mol. The fourth-order valence-corrected chi connectivity index (χ4v) is 2.65. The average Bonchev–Trinajstić information content (AvgIpc) is 2.26. The van der Waals surface area contributed by atoms with Crippen LogP contribution < -0.4 is 0 Å². The molecule has 1 aliphatic carbocycles. The van der Waals surface area contributed by atoms with Gasteiger partial charge in [0.1, 0.15) is 0 Å². The number of hydrogen-bond donors (Lipinski definition) is 0. The summed E-state index contributed by atoms with van der Waals surface area (Å²) in [6, 6.07) is 0. The van der Waals surface area contributed by atoms with Gasteiger partial charge in [-0.25, -0.2) is 0 Å². The van der Waals surface area contributed by atoms with Crippen LogP contribution in [0.3, 0.4) is 0 Å². The second kappa shape index (κ2) is 6.03. The first-order chi connectivity index (χ1) is 8.27. The Morgan fingerprint density at radius 1 is 1.11 bits per heavy atom. The van der Waals surface area contributed by atoms with Crippen LogP contribution in [0.1, 0.15) is 60.3 Å². The monoisotopic (exact) mass is 267 g/mol. The van der Waals surface area contributed by atoms with E-state index >= 15 is 0 Å². The molecule has 0 N–H and O–H groups in total. The number of rotatable bonds is 3. The van der Waals surface area contributed by atoms with Crippen molar-refractivity contribution >= 4 is 17.4 Å². The van der Waals surface area contributed by atoms with Gasteiger partial charge in [-0.2, -0.15) is 15.2 Å². The summed E-state index contributed by atoms with van der Waals surface area (Å²) in [5.41, 5.74) is -0.692. The molecule has 102 valence electrons. The van der Waals surface area contributed by atoms with E-state index in [4.69, 9.17) is 12.2 Å². The van der Waals surface area contributed by atoms with Crippen LogP contribution in [-0.2, 0) is 0 Å². The molecule has 0 bridgehead atoms. The molecule has 3 unspecified atom stereocenters.